The van der Waals surface area contributed by atoms with Crippen molar-refractivity contribution < 1.29 is 9.47 Å². The van der Waals surface area contributed by atoms with Gasteiger partial charge in [-0.2, -0.15) is 5.10 Å². The van der Waals surface area contributed by atoms with Crippen molar-refractivity contribution in [3.8, 4) is 0 Å². The van der Waals surface area contributed by atoms with Crippen molar-refractivity contribution >= 4 is 0 Å². The Morgan fingerprint density at radius 1 is 1.35 bits per heavy atom. The smallest absolute Gasteiger partial charge is 0.0762 e. The minimum Gasteiger partial charge on any atom is -0.383 e. The van der Waals surface area contributed by atoms with E-state index in [0.717, 1.165) is 51.6 Å². The van der Waals surface area contributed by atoms with Gasteiger partial charge in [-0.15, -0.1) is 0 Å². The van der Waals surface area contributed by atoms with Crippen molar-refractivity contribution in [2.45, 2.75) is 26.4 Å². The van der Waals surface area contributed by atoms with Gasteiger partial charge in [0.15, 0.2) is 0 Å². The molecule has 0 radical (unpaired) electrons. The number of aromatic nitrogens is 2. The molecule has 1 rings (SSSR count). The third-order valence-corrected chi connectivity index (χ3v) is 2.30. The zero-order chi connectivity index (χ0) is 12.3. The van der Waals surface area contributed by atoms with Gasteiger partial charge in [0.05, 0.1) is 25.5 Å². The molecule has 0 unspecified atom stereocenters. The summed E-state index contributed by atoms with van der Waals surface area (Å²) in [4.78, 5) is 0. The lowest BCUT2D eigenvalue weighted by Crippen LogP contribution is -2.19. The summed E-state index contributed by atoms with van der Waals surface area (Å²) in [7, 11) is 1.70. The SMILES string of the molecule is CCCOCCn1ccc(CNCCOC)n1. The molecule has 0 aromatic carbocycles. The highest BCUT2D eigenvalue weighted by atomic mass is 16.5. The van der Waals surface area contributed by atoms with Gasteiger partial charge in [-0.05, 0) is 12.5 Å². The monoisotopic (exact) mass is 241 g/mol. The quantitative estimate of drug-likeness (QED) is 0.622. The topological polar surface area (TPSA) is 48.3 Å². The van der Waals surface area contributed by atoms with Gasteiger partial charge in [-0.25, -0.2) is 0 Å². The van der Waals surface area contributed by atoms with Crippen LogP contribution in [0.3, 0.4) is 0 Å². The molecule has 0 bridgehead atoms. The van der Waals surface area contributed by atoms with Crippen LogP contribution in [0.1, 0.15) is 19.0 Å². The second kappa shape index (κ2) is 9.15. The molecule has 17 heavy (non-hydrogen) atoms. The number of nitrogens with zero attached hydrogens (tertiary/aromatic N) is 2. The number of methoxy groups -OCH3 is 1. The summed E-state index contributed by atoms with van der Waals surface area (Å²) < 4.78 is 12.3. The molecule has 1 heterocycles. The van der Waals surface area contributed by atoms with Gasteiger partial charge in [0.2, 0.25) is 0 Å². The van der Waals surface area contributed by atoms with Crippen LogP contribution in [-0.2, 0) is 22.6 Å². The van der Waals surface area contributed by atoms with Crippen molar-refractivity contribution in [3.63, 3.8) is 0 Å². The second-order valence-corrected chi connectivity index (χ2v) is 3.85. The van der Waals surface area contributed by atoms with E-state index in [1.165, 1.54) is 0 Å². The molecular formula is C12H23N3O2. The van der Waals surface area contributed by atoms with Crippen LogP contribution < -0.4 is 5.32 Å². The Balaban J connectivity index is 2.14. The van der Waals surface area contributed by atoms with E-state index in [1.807, 2.05) is 16.9 Å². The fourth-order valence-electron chi connectivity index (χ4n) is 1.42. The zero-order valence-corrected chi connectivity index (χ0v) is 10.8. The van der Waals surface area contributed by atoms with Crippen molar-refractivity contribution in [2.75, 3.05) is 33.5 Å². The summed E-state index contributed by atoms with van der Waals surface area (Å²) in [5.74, 6) is 0. The molecule has 0 fully saturated rings. The van der Waals surface area contributed by atoms with Gasteiger partial charge in [-0.1, -0.05) is 6.92 Å². The summed E-state index contributed by atoms with van der Waals surface area (Å²) >= 11 is 0. The Labute approximate surface area is 103 Å². The van der Waals surface area contributed by atoms with Crippen molar-refractivity contribution in [1.29, 1.82) is 0 Å². The molecule has 1 N–H and O–H groups in total. The maximum atomic E-state index is 5.42. The first-order valence-electron chi connectivity index (χ1n) is 6.16. The molecule has 0 aliphatic carbocycles. The Bertz CT molecular complexity index is 263. The van der Waals surface area contributed by atoms with E-state index in [1.54, 1.807) is 7.11 Å². The second-order valence-electron chi connectivity index (χ2n) is 3.85. The zero-order valence-electron chi connectivity index (χ0n) is 10.8. The number of hydrogen-bond acceptors (Lipinski definition) is 4. The summed E-state index contributed by atoms with van der Waals surface area (Å²) in [6.45, 7) is 6.84. The molecule has 0 aliphatic heterocycles. The lowest BCUT2D eigenvalue weighted by molar-refractivity contribution is 0.124. The van der Waals surface area contributed by atoms with E-state index < -0.39 is 0 Å². The summed E-state index contributed by atoms with van der Waals surface area (Å²) in [6, 6.07) is 2.03. The highest BCUT2D eigenvalue weighted by molar-refractivity contribution is 4.98. The molecule has 0 atom stereocenters. The molecule has 98 valence electrons. The Kier molecular flexibility index (Phi) is 7.62. The van der Waals surface area contributed by atoms with Crippen LogP contribution in [0.15, 0.2) is 12.3 Å². The van der Waals surface area contributed by atoms with Gasteiger partial charge in [0.25, 0.3) is 0 Å². The van der Waals surface area contributed by atoms with Crippen molar-refractivity contribution in [3.05, 3.63) is 18.0 Å². The first-order chi connectivity index (χ1) is 8.36. The van der Waals surface area contributed by atoms with E-state index >= 15 is 0 Å². The van der Waals surface area contributed by atoms with E-state index in [0.29, 0.717) is 0 Å². The van der Waals surface area contributed by atoms with Crippen molar-refractivity contribution in [2.24, 2.45) is 0 Å². The van der Waals surface area contributed by atoms with Crippen LogP contribution in [-0.4, -0.2) is 43.3 Å². The predicted octanol–water partition coefficient (Wildman–Crippen LogP) is 1.05. The van der Waals surface area contributed by atoms with E-state index in [2.05, 4.69) is 17.3 Å². The molecule has 5 nitrogen and oxygen atoms in total. The van der Waals surface area contributed by atoms with Crippen LogP contribution in [0, 0.1) is 0 Å². The first kappa shape index (κ1) is 14.2. The average molecular weight is 241 g/mol. The Morgan fingerprint density at radius 2 is 2.24 bits per heavy atom. The largest absolute Gasteiger partial charge is 0.383 e. The molecule has 0 saturated heterocycles. The minimum atomic E-state index is 0.728. The fourth-order valence-corrected chi connectivity index (χ4v) is 1.42. The molecule has 0 amide bonds. The van der Waals surface area contributed by atoms with Crippen molar-refractivity contribution in [1.82, 2.24) is 15.1 Å². The molecule has 0 saturated carbocycles. The number of ether oxygens (including phenoxy) is 2. The van der Waals surface area contributed by atoms with Gasteiger partial charge in [0.1, 0.15) is 0 Å². The Hall–Kier alpha value is -0.910. The molecule has 0 aliphatic rings. The van der Waals surface area contributed by atoms with E-state index in [-0.39, 0.29) is 0 Å². The molecule has 0 spiro atoms. The highest BCUT2D eigenvalue weighted by Gasteiger charge is 1.98. The van der Waals surface area contributed by atoms with Crippen LogP contribution >= 0.6 is 0 Å². The average Bonchev–Trinajstić information content (AvgIpc) is 2.78. The lowest BCUT2D eigenvalue weighted by Gasteiger charge is -2.03. The molecule has 1 aromatic rings. The fraction of sp³-hybridized carbons (Fsp3) is 0.750. The van der Waals surface area contributed by atoms with Gasteiger partial charge < -0.3 is 14.8 Å². The maximum Gasteiger partial charge on any atom is 0.0762 e. The maximum absolute atomic E-state index is 5.42. The highest BCUT2D eigenvalue weighted by Crippen LogP contribution is 1.95. The normalized spacial score (nSPS) is 10.9. The number of hydrogen-bond donors (Lipinski definition) is 1. The third-order valence-electron chi connectivity index (χ3n) is 2.30. The molecular weight excluding hydrogens is 218 g/mol. The number of nitrogens with one attached hydrogen (secondary N) is 1. The third kappa shape index (κ3) is 6.41. The van der Waals surface area contributed by atoms with Crippen LogP contribution in [0.25, 0.3) is 0 Å². The summed E-state index contributed by atoms with van der Waals surface area (Å²) in [5.41, 5.74) is 1.05. The van der Waals surface area contributed by atoms with E-state index in [4.69, 9.17) is 9.47 Å². The van der Waals surface area contributed by atoms with Crippen LogP contribution in [0.4, 0.5) is 0 Å². The van der Waals surface area contributed by atoms with Gasteiger partial charge in [0, 0.05) is 33.0 Å². The number of rotatable bonds is 10. The minimum absolute atomic E-state index is 0.728. The predicted molar refractivity (Wildman–Crippen MR) is 66.9 cm³/mol. The van der Waals surface area contributed by atoms with Gasteiger partial charge in [-0.3, -0.25) is 4.68 Å². The van der Waals surface area contributed by atoms with Crippen LogP contribution in [0.2, 0.25) is 0 Å². The molecule has 5 heteroatoms. The van der Waals surface area contributed by atoms with Gasteiger partial charge >= 0.3 is 0 Å². The van der Waals surface area contributed by atoms with E-state index in [9.17, 15) is 0 Å². The lowest BCUT2D eigenvalue weighted by atomic mass is 10.4. The summed E-state index contributed by atoms with van der Waals surface area (Å²) in [6.07, 6.45) is 3.05. The standard InChI is InChI=1S/C12H23N3O2/c1-3-8-17-10-7-15-6-4-12(14-15)11-13-5-9-16-2/h4,6,13H,3,5,7-11H2,1-2H3. The first-order valence-corrected chi connectivity index (χ1v) is 6.16. The Morgan fingerprint density at radius 3 is 3.00 bits per heavy atom. The summed E-state index contributed by atoms with van der Waals surface area (Å²) in [5, 5.41) is 7.70. The van der Waals surface area contributed by atoms with Crippen LogP contribution in [0.5, 0.6) is 0 Å². The molecule has 1 aromatic heterocycles.